The van der Waals surface area contributed by atoms with Gasteiger partial charge in [-0.05, 0) is 43.0 Å². The van der Waals surface area contributed by atoms with Gasteiger partial charge in [0.15, 0.2) is 6.29 Å². The van der Waals surface area contributed by atoms with Crippen molar-refractivity contribution in [3.8, 4) is 5.75 Å². The van der Waals surface area contributed by atoms with Crippen LogP contribution in [0, 0.1) is 5.92 Å². The average Bonchev–Trinajstić information content (AvgIpc) is 3.17. The second kappa shape index (κ2) is 7.88. The molecule has 0 bridgehead atoms. The number of benzene rings is 1. The van der Waals surface area contributed by atoms with Crippen molar-refractivity contribution < 1.29 is 24.2 Å². The molecular weight excluding hydrogens is 336 g/mol. The van der Waals surface area contributed by atoms with Crippen LogP contribution in [-0.2, 0) is 14.3 Å². The van der Waals surface area contributed by atoms with Gasteiger partial charge in [0.1, 0.15) is 5.75 Å². The van der Waals surface area contributed by atoms with E-state index in [2.05, 4.69) is 18.8 Å². The summed E-state index contributed by atoms with van der Waals surface area (Å²) in [7, 11) is 0. The zero-order chi connectivity index (χ0) is 18.7. The molecule has 2 amide bonds. The molecule has 2 saturated heterocycles. The van der Waals surface area contributed by atoms with E-state index in [1.54, 1.807) is 4.90 Å². The average molecular weight is 360 g/mol. The molecule has 0 aliphatic carbocycles. The van der Waals surface area contributed by atoms with Crippen LogP contribution in [0.5, 0.6) is 5.75 Å². The fraction of sp³-hybridized carbons (Fsp3) is 0.474. The molecule has 0 saturated carbocycles. The fourth-order valence-electron chi connectivity index (χ4n) is 3.42. The van der Waals surface area contributed by atoms with Crippen LogP contribution >= 0.6 is 0 Å². The summed E-state index contributed by atoms with van der Waals surface area (Å²) in [5, 5.41) is 12.8. The molecule has 7 nitrogen and oxygen atoms in total. The zero-order valence-corrected chi connectivity index (χ0v) is 14.8. The molecule has 1 aromatic rings. The van der Waals surface area contributed by atoms with Crippen LogP contribution in [0.2, 0.25) is 0 Å². The third kappa shape index (κ3) is 3.89. The van der Waals surface area contributed by atoms with Gasteiger partial charge in [0, 0.05) is 12.2 Å². The minimum absolute atomic E-state index is 0.128. The molecule has 2 aliphatic rings. The summed E-state index contributed by atoms with van der Waals surface area (Å²) in [6.07, 6.45) is 2.48. The molecule has 0 radical (unpaired) electrons. The first-order chi connectivity index (χ1) is 12.5. The van der Waals surface area contributed by atoms with Crippen LogP contribution in [0.15, 0.2) is 30.9 Å². The highest BCUT2D eigenvalue weighted by atomic mass is 16.7. The minimum Gasteiger partial charge on any atom is -0.507 e. The van der Waals surface area contributed by atoms with Crippen LogP contribution in [-0.4, -0.2) is 53.9 Å². The lowest BCUT2D eigenvalue weighted by molar-refractivity contribution is -0.111. The van der Waals surface area contributed by atoms with E-state index >= 15 is 0 Å². The Morgan fingerprint density at radius 2 is 2.04 bits per heavy atom. The van der Waals surface area contributed by atoms with Crippen LogP contribution in [0.25, 0.3) is 0 Å². The summed E-state index contributed by atoms with van der Waals surface area (Å²) in [5.41, 5.74) is 0.565. The monoisotopic (exact) mass is 360 g/mol. The summed E-state index contributed by atoms with van der Waals surface area (Å²) in [6, 6.07) is 4.22. The van der Waals surface area contributed by atoms with E-state index in [1.165, 1.54) is 18.2 Å². The van der Waals surface area contributed by atoms with Gasteiger partial charge in [-0.3, -0.25) is 9.59 Å². The largest absolute Gasteiger partial charge is 0.507 e. The number of hydrogen-bond donors (Lipinski definition) is 2. The smallest absolute Gasteiger partial charge is 0.258 e. The number of piperidine rings is 1. The molecule has 7 heteroatoms. The molecule has 2 atom stereocenters. The van der Waals surface area contributed by atoms with E-state index in [9.17, 15) is 14.7 Å². The number of nitrogens with zero attached hydrogens (tertiary/aromatic N) is 1. The maximum absolute atomic E-state index is 13.2. The number of hydrogen-bond acceptors (Lipinski definition) is 5. The summed E-state index contributed by atoms with van der Waals surface area (Å²) in [6.45, 7) is 7.10. The number of carbonyl (C=O) groups is 2. The summed E-state index contributed by atoms with van der Waals surface area (Å²) < 4.78 is 11.2. The number of phenolic OH excluding ortho intramolecular Hbond substituents is 1. The van der Waals surface area contributed by atoms with Crippen molar-refractivity contribution in [2.24, 2.45) is 5.92 Å². The van der Waals surface area contributed by atoms with Crippen molar-refractivity contribution >= 4 is 17.5 Å². The Bertz CT molecular complexity index is 699. The quantitative estimate of drug-likeness (QED) is 0.634. The van der Waals surface area contributed by atoms with Gasteiger partial charge in [-0.2, -0.15) is 0 Å². The standard InChI is InChI=1S/C19H24N2O5/c1-3-17(23)20-13-5-7-16(22)14(10-13)18(24)21-11-12(2)4-6-15(21)19-25-8-9-26-19/h3,5,7,10,12,15,19,22H,1,4,6,8-9,11H2,2H3,(H,20,23). The first-order valence-electron chi connectivity index (χ1n) is 8.80. The number of amides is 2. The highest BCUT2D eigenvalue weighted by molar-refractivity contribution is 6.02. The van der Waals surface area contributed by atoms with E-state index in [0.717, 1.165) is 18.9 Å². The van der Waals surface area contributed by atoms with Crippen LogP contribution < -0.4 is 5.32 Å². The van der Waals surface area contributed by atoms with Gasteiger partial charge in [-0.25, -0.2) is 0 Å². The number of ether oxygens (including phenoxy) is 2. The Balaban J connectivity index is 1.86. The number of phenols is 1. The summed E-state index contributed by atoms with van der Waals surface area (Å²) in [4.78, 5) is 26.4. The van der Waals surface area contributed by atoms with Crippen molar-refractivity contribution in [1.82, 2.24) is 4.90 Å². The molecule has 0 spiro atoms. The van der Waals surface area contributed by atoms with Crippen LogP contribution in [0.4, 0.5) is 5.69 Å². The Hall–Kier alpha value is -2.38. The van der Waals surface area contributed by atoms with Crippen molar-refractivity contribution in [1.29, 1.82) is 0 Å². The Kier molecular flexibility index (Phi) is 5.58. The van der Waals surface area contributed by atoms with Crippen molar-refractivity contribution in [2.75, 3.05) is 25.1 Å². The van der Waals surface area contributed by atoms with E-state index in [0.29, 0.717) is 31.4 Å². The van der Waals surface area contributed by atoms with E-state index < -0.39 is 6.29 Å². The number of likely N-dealkylation sites (tertiary alicyclic amines) is 1. The molecule has 0 aromatic heterocycles. The van der Waals surface area contributed by atoms with Gasteiger partial charge in [0.2, 0.25) is 5.91 Å². The highest BCUT2D eigenvalue weighted by Gasteiger charge is 2.39. The van der Waals surface area contributed by atoms with Gasteiger partial charge in [0.05, 0.1) is 24.8 Å². The second-order valence-electron chi connectivity index (χ2n) is 6.74. The zero-order valence-electron chi connectivity index (χ0n) is 14.8. The summed E-state index contributed by atoms with van der Waals surface area (Å²) >= 11 is 0. The van der Waals surface area contributed by atoms with Crippen molar-refractivity contribution in [2.45, 2.75) is 32.1 Å². The topological polar surface area (TPSA) is 88.1 Å². The first-order valence-corrected chi connectivity index (χ1v) is 8.80. The second-order valence-corrected chi connectivity index (χ2v) is 6.74. The lowest BCUT2D eigenvalue weighted by Gasteiger charge is -2.40. The predicted molar refractivity (Wildman–Crippen MR) is 95.8 cm³/mol. The molecule has 2 unspecified atom stereocenters. The molecule has 1 aromatic carbocycles. The van der Waals surface area contributed by atoms with Gasteiger partial charge in [-0.1, -0.05) is 13.5 Å². The number of rotatable bonds is 4. The maximum Gasteiger partial charge on any atom is 0.258 e. The molecule has 2 N–H and O–H groups in total. The van der Waals surface area contributed by atoms with Gasteiger partial charge in [0.25, 0.3) is 5.91 Å². The minimum atomic E-state index is -0.433. The number of anilines is 1. The lowest BCUT2D eigenvalue weighted by Crippen LogP contribution is -2.52. The van der Waals surface area contributed by atoms with E-state index in [4.69, 9.17) is 9.47 Å². The molecule has 140 valence electrons. The molecule has 2 aliphatic heterocycles. The molecule has 3 rings (SSSR count). The predicted octanol–water partition coefficient (Wildman–Crippen LogP) is 2.13. The van der Waals surface area contributed by atoms with E-state index in [1.807, 2.05) is 0 Å². The Morgan fingerprint density at radius 3 is 2.73 bits per heavy atom. The number of nitrogens with one attached hydrogen (secondary N) is 1. The lowest BCUT2D eigenvalue weighted by atomic mass is 9.92. The van der Waals surface area contributed by atoms with Crippen molar-refractivity contribution in [3.05, 3.63) is 36.4 Å². The Morgan fingerprint density at radius 1 is 1.31 bits per heavy atom. The summed E-state index contributed by atoms with van der Waals surface area (Å²) in [5.74, 6) is -0.460. The first kappa shape index (κ1) is 18.4. The molecule has 26 heavy (non-hydrogen) atoms. The van der Waals surface area contributed by atoms with Gasteiger partial charge < -0.3 is 24.8 Å². The molecule has 2 heterocycles. The molecule has 2 fully saturated rings. The number of aromatic hydroxyl groups is 1. The third-order valence-corrected chi connectivity index (χ3v) is 4.77. The van der Waals surface area contributed by atoms with Gasteiger partial charge >= 0.3 is 0 Å². The molecular formula is C19H24N2O5. The SMILES string of the molecule is C=CC(=O)Nc1ccc(O)c(C(=O)N2CC(C)CCC2C2OCCO2)c1. The number of carbonyl (C=O) groups excluding carboxylic acids is 2. The fourth-order valence-corrected chi connectivity index (χ4v) is 3.42. The van der Waals surface area contributed by atoms with Gasteiger partial charge in [-0.15, -0.1) is 0 Å². The maximum atomic E-state index is 13.2. The van der Waals surface area contributed by atoms with Crippen LogP contribution in [0.1, 0.15) is 30.1 Å². The van der Waals surface area contributed by atoms with Crippen LogP contribution in [0.3, 0.4) is 0 Å². The van der Waals surface area contributed by atoms with E-state index in [-0.39, 0.29) is 29.2 Å². The highest BCUT2D eigenvalue weighted by Crippen LogP contribution is 2.31. The normalized spacial score (nSPS) is 23.7. The van der Waals surface area contributed by atoms with Crippen molar-refractivity contribution in [3.63, 3.8) is 0 Å². The third-order valence-electron chi connectivity index (χ3n) is 4.77. The Labute approximate surface area is 152 Å².